The third-order valence-electron chi connectivity index (χ3n) is 8.43. The Balaban J connectivity index is 1.59. The summed E-state index contributed by atoms with van der Waals surface area (Å²) in [5.74, 6) is 4.88. The van der Waals surface area contributed by atoms with Crippen LogP contribution < -0.4 is 0 Å². The second kappa shape index (κ2) is 4.82. The predicted molar refractivity (Wildman–Crippen MR) is 87.3 cm³/mol. The summed E-state index contributed by atoms with van der Waals surface area (Å²) in [6.07, 6.45) is 9.59. The SMILES string of the molecule is CC(=O)[C@H]1CC[C@H]2[C@@H]3C[C@@H]4C[C@](C)(O)CC[C@@H]4[C@H]3CC[C@]12C. The maximum Gasteiger partial charge on any atom is 0.133 e. The van der Waals surface area contributed by atoms with Gasteiger partial charge in [0, 0.05) is 5.92 Å². The van der Waals surface area contributed by atoms with Gasteiger partial charge in [-0.25, -0.2) is 0 Å². The summed E-state index contributed by atoms with van der Waals surface area (Å²) < 4.78 is 0. The zero-order chi connectivity index (χ0) is 15.7. The summed E-state index contributed by atoms with van der Waals surface area (Å²) in [5, 5.41) is 10.5. The van der Waals surface area contributed by atoms with Crippen LogP contribution in [0.4, 0.5) is 0 Å². The fourth-order valence-electron chi connectivity index (χ4n) is 7.56. The second-order valence-corrected chi connectivity index (χ2v) is 9.62. The molecule has 8 atom stereocenters. The number of carbonyl (C=O) groups excluding carboxylic acids is 1. The van der Waals surface area contributed by atoms with Gasteiger partial charge in [-0.15, -0.1) is 0 Å². The fourth-order valence-corrected chi connectivity index (χ4v) is 7.56. The first-order chi connectivity index (χ1) is 10.3. The Labute approximate surface area is 135 Å². The molecule has 0 bridgehead atoms. The summed E-state index contributed by atoms with van der Waals surface area (Å²) in [6, 6.07) is 0. The van der Waals surface area contributed by atoms with Crippen LogP contribution in [0.1, 0.15) is 72.1 Å². The lowest BCUT2D eigenvalue weighted by molar-refractivity contribution is -0.126. The minimum atomic E-state index is -0.421. The summed E-state index contributed by atoms with van der Waals surface area (Å²) in [4.78, 5) is 12.1. The lowest BCUT2D eigenvalue weighted by Gasteiger charge is -2.47. The molecule has 0 aromatic heterocycles. The first-order valence-electron chi connectivity index (χ1n) is 9.55. The highest BCUT2D eigenvalue weighted by Crippen LogP contribution is 2.66. The molecule has 4 aliphatic carbocycles. The number of Topliss-reactive ketones (excluding diaryl/α,β-unsaturated/α-hetero) is 1. The number of fused-ring (bicyclic) bond motifs is 5. The van der Waals surface area contributed by atoms with E-state index in [0.29, 0.717) is 11.7 Å². The monoisotopic (exact) mass is 304 g/mol. The smallest absolute Gasteiger partial charge is 0.133 e. The minimum absolute atomic E-state index is 0.281. The van der Waals surface area contributed by atoms with Crippen molar-refractivity contribution < 1.29 is 9.90 Å². The molecule has 1 N–H and O–H groups in total. The molecule has 0 unspecified atom stereocenters. The molecule has 4 saturated carbocycles. The van der Waals surface area contributed by atoms with Crippen LogP contribution in [0, 0.1) is 40.9 Å². The summed E-state index contributed by atoms with van der Waals surface area (Å²) in [7, 11) is 0. The van der Waals surface area contributed by atoms with Crippen LogP contribution in [0.25, 0.3) is 0 Å². The normalized spacial score (nSPS) is 57.1. The van der Waals surface area contributed by atoms with E-state index >= 15 is 0 Å². The second-order valence-electron chi connectivity index (χ2n) is 9.62. The molecule has 0 aromatic rings. The average Bonchev–Trinajstić information content (AvgIpc) is 2.93. The van der Waals surface area contributed by atoms with Crippen LogP contribution in [-0.2, 0) is 4.79 Å². The standard InChI is InChI=1S/C20H32O2/c1-12(21)17-4-5-18-16-10-13-11-19(2,22)8-6-14(13)15(16)7-9-20(17,18)3/h13-18,22H,4-11H2,1-3H3/t13-,14+,15-,16-,17-,18+,19-,20-/m1/s1. The van der Waals surface area contributed by atoms with Crippen molar-refractivity contribution in [3.63, 3.8) is 0 Å². The van der Waals surface area contributed by atoms with Crippen molar-refractivity contribution in [1.82, 2.24) is 0 Å². The lowest BCUT2D eigenvalue weighted by atomic mass is 9.57. The van der Waals surface area contributed by atoms with Gasteiger partial charge in [-0.2, -0.15) is 0 Å². The summed E-state index contributed by atoms with van der Waals surface area (Å²) in [6.45, 7) is 6.28. The molecule has 2 heteroatoms. The molecular formula is C20H32O2. The molecular weight excluding hydrogens is 272 g/mol. The van der Waals surface area contributed by atoms with Gasteiger partial charge in [-0.3, -0.25) is 4.79 Å². The molecule has 0 spiro atoms. The quantitative estimate of drug-likeness (QED) is 0.788. The molecule has 4 fully saturated rings. The maximum absolute atomic E-state index is 12.1. The van der Waals surface area contributed by atoms with Crippen molar-refractivity contribution >= 4 is 5.78 Å². The number of aliphatic hydroxyl groups is 1. The number of carbonyl (C=O) groups is 1. The van der Waals surface area contributed by atoms with Crippen molar-refractivity contribution in [2.75, 3.05) is 0 Å². The van der Waals surface area contributed by atoms with Gasteiger partial charge in [0.15, 0.2) is 0 Å². The van der Waals surface area contributed by atoms with Crippen molar-refractivity contribution in [2.45, 2.75) is 77.7 Å². The van der Waals surface area contributed by atoms with E-state index in [9.17, 15) is 9.90 Å². The number of ketones is 1. The van der Waals surface area contributed by atoms with Crippen LogP contribution in [0.15, 0.2) is 0 Å². The molecule has 124 valence electrons. The lowest BCUT2D eigenvalue weighted by Crippen LogP contribution is -2.42. The van der Waals surface area contributed by atoms with E-state index in [2.05, 4.69) is 6.92 Å². The average molecular weight is 304 g/mol. The van der Waals surface area contributed by atoms with Gasteiger partial charge in [-0.1, -0.05) is 6.92 Å². The summed E-state index contributed by atoms with van der Waals surface area (Å²) >= 11 is 0. The van der Waals surface area contributed by atoms with E-state index in [1.54, 1.807) is 0 Å². The van der Waals surface area contributed by atoms with Gasteiger partial charge in [0.05, 0.1) is 5.60 Å². The van der Waals surface area contributed by atoms with Gasteiger partial charge in [0.1, 0.15) is 5.78 Å². The third kappa shape index (κ3) is 2.05. The topological polar surface area (TPSA) is 37.3 Å². The number of hydrogen-bond donors (Lipinski definition) is 1. The predicted octanol–water partition coefficient (Wildman–Crippen LogP) is 4.21. The molecule has 0 aliphatic heterocycles. The van der Waals surface area contributed by atoms with E-state index in [1.165, 1.54) is 32.1 Å². The first-order valence-corrected chi connectivity index (χ1v) is 9.55. The highest BCUT2D eigenvalue weighted by Gasteiger charge is 2.60. The summed E-state index contributed by atoms with van der Waals surface area (Å²) in [5.41, 5.74) is -0.140. The van der Waals surface area contributed by atoms with Crippen molar-refractivity contribution in [2.24, 2.45) is 40.9 Å². The van der Waals surface area contributed by atoms with E-state index in [0.717, 1.165) is 48.9 Å². The number of hydrogen-bond acceptors (Lipinski definition) is 2. The van der Waals surface area contributed by atoms with Crippen LogP contribution in [0.5, 0.6) is 0 Å². The van der Waals surface area contributed by atoms with Gasteiger partial charge in [0.25, 0.3) is 0 Å². The Bertz CT molecular complexity index is 482. The van der Waals surface area contributed by atoms with Crippen LogP contribution in [0.2, 0.25) is 0 Å². The Morgan fingerprint density at radius 2 is 1.73 bits per heavy atom. The molecule has 0 heterocycles. The van der Waals surface area contributed by atoms with Crippen molar-refractivity contribution in [1.29, 1.82) is 0 Å². The zero-order valence-corrected chi connectivity index (χ0v) is 14.5. The van der Waals surface area contributed by atoms with Gasteiger partial charge in [-0.05, 0) is 100 Å². The maximum atomic E-state index is 12.1. The van der Waals surface area contributed by atoms with E-state index in [1.807, 2.05) is 13.8 Å². The molecule has 0 radical (unpaired) electrons. The van der Waals surface area contributed by atoms with Gasteiger partial charge in [0.2, 0.25) is 0 Å². The fraction of sp³-hybridized carbons (Fsp3) is 0.950. The molecule has 4 aliphatic rings. The largest absolute Gasteiger partial charge is 0.390 e. The number of rotatable bonds is 1. The highest BCUT2D eigenvalue weighted by atomic mass is 16.3. The molecule has 4 rings (SSSR count). The van der Waals surface area contributed by atoms with Crippen molar-refractivity contribution in [3.05, 3.63) is 0 Å². The molecule has 0 amide bonds. The van der Waals surface area contributed by atoms with Crippen LogP contribution in [0.3, 0.4) is 0 Å². The zero-order valence-electron chi connectivity index (χ0n) is 14.5. The van der Waals surface area contributed by atoms with Crippen LogP contribution >= 0.6 is 0 Å². The highest BCUT2D eigenvalue weighted by molar-refractivity contribution is 5.79. The molecule has 22 heavy (non-hydrogen) atoms. The Morgan fingerprint density at radius 1 is 1.00 bits per heavy atom. The molecule has 0 saturated heterocycles. The minimum Gasteiger partial charge on any atom is -0.390 e. The van der Waals surface area contributed by atoms with Gasteiger partial charge < -0.3 is 5.11 Å². The first kappa shape index (κ1) is 15.2. The van der Waals surface area contributed by atoms with E-state index < -0.39 is 5.60 Å². The van der Waals surface area contributed by atoms with E-state index in [4.69, 9.17) is 0 Å². The third-order valence-corrected chi connectivity index (χ3v) is 8.43. The van der Waals surface area contributed by atoms with Crippen molar-refractivity contribution in [3.8, 4) is 0 Å². The van der Waals surface area contributed by atoms with E-state index in [-0.39, 0.29) is 5.41 Å². The van der Waals surface area contributed by atoms with Gasteiger partial charge >= 0.3 is 0 Å². The Hall–Kier alpha value is -0.370. The molecule has 2 nitrogen and oxygen atoms in total. The van der Waals surface area contributed by atoms with Crippen LogP contribution in [-0.4, -0.2) is 16.5 Å². The molecule has 0 aromatic carbocycles. The Kier molecular flexibility index (Phi) is 3.32. The Morgan fingerprint density at radius 3 is 2.45 bits per heavy atom.